The van der Waals surface area contributed by atoms with Crippen molar-refractivity contribution < 1.29 is 4.74 Å². The number of benzene rings is 1. The first-order chi connectivity index (χ1) is 10.2. The highest BCUT2D eigenvalue weighted by atomic mass is 127. The number of ether oxygens (including phenoxy) is 1. The topological polar surface area (TPSA) is 39.9 Å². The molecular weight excluding hydrogens is 396 g/mol. The quantitative estimate of drug-likeness (QED) is 0.441. The highest BCUT2D eigenvalue weighted by Crippen LogP contribution is 2.35. The van der Waals surface area contributed by atoms with Crippen molar-refractivity contribution in [3.05, 3.63) is 48.4 Å². The molecule has 3 aromatic rings. The van der Waals surface area contributed by atoms with E-state index in [9.17, 15) is 0 Å². The number of fused-ring (bicyclic) bond motifs is 1. The van der Waals surface area contributed by atoms with Crippen LogP contribution in [0.5, 0.6) is 11.5 Å². The number of aromatic nitrogens is 3. The van der Waals surface area contributed by atoms with Crippen LogP contribution in [0.2, 0.25) is 0 Å². The Hall–Kier alpha value is -1.20. The van der Waals surface area contributed by atoms with E-state index in [1.54, 1.807) is 12.4 Å². The maximum absolute atomic E-state index is 5.85. The third-order valence-corrected chi connectivity index (χ3v) is 5.05. The maximum atomic E-state index is 5.85. The zero-order valence-corrected chi connectivity index (χ0v) is 14.9. The Kier molecular flexibility index (Phi) is 4.40. The highest BCUT2D eigenvalue weighted by molar-refractivity contribution is 14.2. The second kappa shape index (κ2) is 6.28. The number of nitrogens with zero attached hydrogens (tertiary/aromatic N) is 3. The second-order valence-corrected chi connectivity index (χ2v) is 7.05. The van der Waals surface area contributed by atoms with Gasteiger partial charge in [-0.05, 0) is 52.2 Å². The Morgan fingerprint density at radius 3 is 2.76 bits per heavy atom. The number of hydrogen-bond donors (Lipinski definition) is 0. The first-order valence-electron chi connectivity index (χ1n) is 6.66. The lowest BCUT2D eigenvalue weighted by molar-refractivity contribution is 0.481. The molecule has 6 heteroatoms. The number of pyridine rings is 1. The van der Waals surface area contributed by atoms with Gasteiger partial charge in [0.25, 0.3) is 0 Å². The highest BCUT2D eigenvalue weighted by Gasteiger charge is 2.14. The third-order valence-electron chi connectivity index (χ3n) is 3.18. The van der Waals surface area contributed by atoms with E-state index >= 15 is 0 Å². The summed E-state index contributed by atoms with van der Waals surface area (Å²) in [4.78, 5) is 4.06. The Morgan fingerprint density at radius 2 is 2.10 bits per heavy atom. The molecule has 0 fully saturated rings. The lowest BCUT2D eigenvalue weighted by atomic mass is 10.1. The minimum Gasteiger partial charge on any atom is -0.456 e. The molecule has 0 saturated carbocycles. The molecule has 2 heterocycles. The molecular formula is C15H15IN3OP. The molecule has 0 amide bonds. The molecule has 0 radical (unpaired) electrons. The van der Waals surface area contributed by atoms with E-state index in [4.69, 9.17) is 9.84 Å². The fourth-order valence-electron chi connectivity index (χ4n) is 2.22. The van der Waals surface area contributed by atoms with Crippen molar-refractivity contribution >= 4 is 39.3 Å². The van der Waals surface area contributed by atoms with E-state index in [2.05, 4.69) is 46.9 Å². The second-order valence-electron chi connectivity index (χ2n) is 5.01. The van der Waals surface area contributed by atoms with Gasteiger partial charge in [-0.3, -0.25) is 4.98 Å². The summed E-state index contributed by atoms with van der Waals surface area (Å²) in [5.74, 6) is 1.96. The fraction of sp³-hybridized carbons (Fsp3) is 0.200. The van der Waals surface area contributed by atoms with E-state index in [0.717, 1.165) is 22.7 Å². The Balaban J connectivity index is 2.03. The SMILES string of the molecule is CC(C)c1nn(PI)c2cc(Oc3cccnc3)ccc12. The van der Waals surface area contributed by atoms with E-state index in [-0.39, 0.29) is 0 Å². The van der Waals surface area contributed by atoms with Gasteiger partial charge in [0.05, 0.1) is 23.8 Å². The van der Waals surface area contributed by atoms with Crippen LogP contribution in [0, 0.1) is 0 Å². The maximum Gasteiger partial charge on any atom is 0.145 e. The Morgan fingerprint density at radius 1 is 1.24 bits per heavy atom. The van der Waals surface area contributed by atoms with Crippen LogP contribution < -0.4 is 4.74 Å². The van der Waals surface area contributed by atoms with Crippen molar-refractivity contribution in [3.63, 3.8) is 0 Å². The molecule has 108 valence electrons. The summed E-state index contributed by atoms with van der Waals surface area (Å²) in [6.45, 7) is 4.34. The first-order valence-corrected chi connectivity index (χ1v) is 10.7. The van der Waals surface area contributed by atoms with Crippen LogP contribution in [0.25, 0.3) is 10.9 Å². The number of rotatable bonds is 4. The van der Waals surface area contributed by atoms with Gasteiger partial charge >= 0.3 is 0 Å². The van der Waals surface area contributed by atoms with Gasteiger partial charge in [0, 0.05) is 17.6 Å². The minimum absolute atomic E-state index is 0.409. The van der Waals surface area contributed by atoms with Gasteiger partial charge in [-0.15, -0.1) is 0 Å². The largest absolute Gasteiger partial charge is 0.456 e. The van der Waals surface area contributed by atoms with Gasteiger partial charge < -0.3 is 4.74 Å². The van der Waals surface area contributed by atoms with Crippen molar-refractivity contribution in [3.8, 4) is 11.5 Å². The van der Waals surface area contributed by atoms with E-state index in [1.165, 1.54) is 5.39 Å². The summed E-state index contributed by atoms with van der Waals surface area (Å²) in [5, 5.41) is 5.91. The van der Waals surface area contributed by atoms with Crippen molar-refractivity contribution in [2.24, 2.45) is 0 Å². The molecule has 1 unspecified atom stereocenters. The Labute approximate surface area is 138 Å². The van der Waals surface area contributed by atoms with Gasteiger partial charge in [0.1, 0.15) is 11.5 Å². The van der Waals surface area contributed by atoms with Crippen LogP contribution in [0.3, 0.4) is 0 Å². The van der Waals surface area contributed by atoms with Gasteiger partial charge in [-0.1, -0.05) is 13.8 Å². The van der Waals surface area contributed by atoms with Gasteiger partial charge in [0.15, 0.2) is 0 Å². The molecule has 21 heavy (non-hydrogen) atoms. The zero-order valence-electron chi connectivity index (χ0n) is 11.7. The molecule has 0 aliphatic heterocycles. The molecule has 0 aliphatic carbocycles. The molecule has 0 spiro atoms. The molecule has 3 rings (SSSR count). The summed E-state index contributed by atoms with van der Waals surface area (Å²) < 4.78 is 7.90. The van der Waals surface area contributed by atoms with Crippen LogP contribution in [-0.2, 0) is 0 Å². The molecule has 0 aliphatic rings. The third kappa shape index (κ3) is 3.04. The molecule has 2 aromatic heterocycles. The predicted molar refractivity (Wildman–Crippen MR) is 95.9 cm³/mol. The molecule has 1 atom stereocenters. The molecule has 1 aromatic carbocycles. The van der Waals surface area contributed by atoms with E-state index in [0.29, 0.717) is 12.3 Å². The monoisotopic (exact) mass is 411 g/mol. The van der Waals surface area contributed by atoms with Gasteiger partial charge in [0.2, 0.25) is 0 Å². The molecule has 0 N–H and O–H groups in total. The molecule has 0 bridgehead atoms. The van der Waals surface area contributed by atoms with Crippen LogP contribution in [0.4, 0.5) is 0 Å². The average Bonchev–Trinajstić information content (AvgIpc) is 2.86. The predicted octanol–water partition coefficient (Wildman–Crippen LogP) is 5.14. The summed E-state index contributed by atoms with van der Waals surface area (Å²) in [6, 6.07) is 9.89. The summed E-state index contributed by atoms with van der Waals surface area (Å²) in [5.41, 5.74) is 2.26. The van der Waals surface area contributed by atoms with E-state index < -0.39 is 0 Å². The number of halogens is 1. The van der Waals surface area contributed by atoms with Crippen molar-refractivity contribution in [2.45, 2.75) is 19.8 Å². The van der Waals surface area contributed by atoms with Gasteiger partial charge in [-0.2, -0.15) is 5.10 Å². The van der Waals surface area contributed by atoms with Crippen LogP contribution in [-0.4, -0.2) is 14.5 Å². The van der Waals surface area contributed by atoms with Crippen molar-refractivity contribution in [1.29, 1.82) is 0 Å². The summed E-state index contributed by atoms with van der Waals surface area (Å²) >= 11 is 2.35. The normalized spacial score (nSPS) is 11.8. The zero-order chi connectivity index (χ0) is 14.8. The number of hydrogen-bond acceptors (Lipinski definition) is 3. The lowest BCUT2D eigenvalue weighted by Gasteiger charge is -2.06. The standard InChI is InChI=1S/C15H15IN3OP/c1-10(2)15-13-6-5-11(8-14(13)19(18-15)21-16)20-12-4-3-7-17-9-12/h3-10,21H,1-2H3. The van der Waals surface area contributed by atoms with E-state index in [1.807, 2.05) is 28.7 Å². The fourth-order valence-corrected chi connectivity index (χ4v) is 3.74. The summed E-state index contributed by atoms with van der Waals surface area (Å²) in [6.07, 6.45) is 4.01. The minimum atomic E-state index is 0.409. The smallest absolute Gasteiger partial charge is 0.145 e. The van der Waals surface area contributed by atoms with Crippen molar-refractivity contribution in [2.75, 3.05) is 0 Å². The van der Waals surface area contributed by atoms with Crippen LogP contribution in [0.1, 0.15) is 25.5 Å². The molecule has 4 nitrogen and oxygen atoms in total. The Bertz CT molecular complexity index is 758. The van der Waals surface area contributed by atoms with Crippen molar-refractivity contribution in [1.82, 2.24) is 14.5 Å². The lowest BCUT2D eigenvalue weighted by Crippen LogP contribution is -1.89. The summed E-state index contributed by atoms with van der Waals surface area (Å²) in [7, 11) is 0. The van der Waals surface area contributed by atoms with Gasteiger partial charge in [-0.25, -0.2) is 4.45 Å². The average molecular weight is 411 g/mol. The van der Waals surface area contributed by atoms with Crippen LogP contribution in [0.15, 0.2) is 42.7 Å². The molecule has 0 saturated heterocycles. The van der Waals surface area contributed by atoms with Crippen LogP contribution >= 0.6 is 28.4 Å². The first kappa shape index (κ1) is 14.7.